The molecule has 0 fully saturated rings. The molecule has 1 atom stereocenters. The first-order valence-electron chi connectivity index (χ1n) is 4.27. The van der Waals surface area contributed by atoms with Crippen molar-refractivity contribution in [2.75, 3.05) is 6.61 Å². The normalized spacial score (nSPS) is 12.3. The van der Waals surface area contributed by atoms with Crippen LogP contribution in [0.2, 0.25) is 0 Å². The summed E-state index contributed by atoms with van der Waals surface area (Å²) in [7, 11) is 0. The molecular formula is C9H10Br2N2O2. The number of hydrogen-bond acceptors (Lipinski definition) is 3. The molecule has 0 aliphatic heterocycles. The maximum absolute atomic E-state index is 11.6. The predicted molar refractivity (Wildman–Crippen MR) is 63.7 cm³/mol. The van der Waals surface area contributed by atoms with Crippen molar-refractivity contribution >= 4 is 37.8 Å². The van der Waals surface area contributed by atoms with Crippen LogP contribution in [0.5, 0.6) is 0 Å². The number of amides is 1. The van der Waals surface area contributed by atoms with Crippen LogP contribution in [0.15, 0.2) is 21.2 Å². The summed E-state index contributed by atoms with van der Waals surface area (Å²) in [6.07, 6.45) is 1.54. The summed E-state index contributed by atoms with van der Waals surface area (Å²) in [5.74, 6) is -0.309. The van der Waals surface area contributed by atoms with Crippen molar-refractivity contribution in [3.05, 3.63) is 26.9 Å². The maximum Gasteiger partial charge on any atom is 0.271 e. The second kappa shape index (κ2) is 5.58. The van der Waals surface area contributed by atoms with E-state index in [-0.39, 0.29) is 18.6 Å². The van der Waals surface area contributed by atoms with Crippen LogP contribution in [0.25, 0.3) is 0 Å². The minimum absolute atomic E-state index is 0.0973. The molecule has 0 unspecified atom stereocenters. The molecule has 1 aromatic rings. The predicted octanol–water partition coefficient (Wildman–Crippen LogP) is 1.72. The van der Waals surface area contributed by atoms with Gasteiger partial charge in [-0.25, -0.2) is 4.98 Å². The lowest BCUT2D eigenvalue weighted by Gasteiger charge is -2.10. The molecular weight excluding hydrogens is 328 g/mol. The average molecular weight is 338 g/mol. The van der Waals surface area contributed by atoms with Crippen LogP contribution >= 0.6 is 31.9 Å². The van der Waals surface area contributed by atoms with Crippen LogP contribution in [0.3, 0.4) is 0 Å². The molecule has 15 heavy (non-hydrogen) atoms. The Hall–Kier alpha value is -0.460. The highest BCUT2D eigenvalue weighted by Gasteiger charge is 2.13. The molecule has 0 saturated heterocycles. The first-order chi connectivity index (χ1) is 7.04. The number of hydrogen-bond donors (Lipinski definition) is 2. The molecule has 1 heterocycles. The Morgan fingerprint density at radius 2 is 2.33 bits per heavy atom. The largest absolute Gasteiger partial charge is 0.394 e. The number of nitrogens with one attached hydrogen (secondary N) is 1. The van der Waals surface area contributed by atoms with Crippen molar-refractivity contribution in [1.82, 2.24) is 10.3 Å². The topological polar surface area (TPSA) is 62.2 Å². The first kappa shape index (κ1) is 12.6. The zero-order valence-electron chi connectivity index (χ0n) is 8.00. The molecule has 4 nitrogen and oxygen atoms in total. The Kier molecular flexibility index (Phi) is 4.69. The van der Waals surface area contributed by atoms with Gasteiger partial charge in [0, 0.05) is 16.7 Å². The average Bonchev–Trinajstić information content (AvgIpc) is 2.17. The van der Waals surface area contributed by atoms with Crippen LogP contribution in [0.4, 0.5) is 0 Å². The molecule has 6 heteroatoms. The van der Waals surface area contributed by atoms with Gasteiger partial charge in [-0.05, 0) is 44.8 Å². The van der Waals surface area contributed by atoms with E-state index in [0.717, 1.165) is 4.47 Å². The third-order valence-corrected chi connectivity index (χ3v) is 2.71. The zero-order valence-corrected chi connectivity index (χ0v) is 11.2. The number of halogens is 2. The van der Waals surface area contributed by atoms with Gasteiger partial charge in [0.1, 0.15) is 5.69 Å². The standard InChI is InChI=1S/C9H10Br2N2O2/c1-5(4-14)13-9(15)8-7(11)2-6(10)3-12-8/h2-3,5,14H,4H2,1H3,(H,13,15)/t5-/m0/s1. The van der Waals surface area contributed by atoms with Crippen molar-refractivity contribution in [2.24, 2.45) is 0 Å². The fourth-order valence-corrected chi connectivity index (χ4v) is 2.09. The quantitative estimate of drug-likeness (QED) is 0.882. The first-order valence-corrected chi connectivity index (χ1v) is 5.86. The zero-order chi connectivity index (χ0) is 11.4. The molecule has 0 aliphatic rings. The van der Waals surface area contributed by atoms with E-state index in [1.807, 2.05) is 0 Å². The number of carbonyl (C=O) groups is 1. The molecule has 0 radical (unpaired) electrons. The van der Waals surface area contributed by atoms with Crippen LogP contribution in [-0.2, 0) is 0 Å². The summed E-state index contributed by atoms with van der Waals surface area (Å²) >= 11 is 6.49. The number of aliphatic hydroxyl groups is 1. The highest BCUT2D eigenvalue weighted by molar-refractivity contribution is 9.11. The van der Waals surface area contributed by atoms with Gasteiger partial charge in [-0.1, -0.05) is 0 Å². The van der Waals surface area contributed by atoms with E-state index in [0.29, 0.717) is 10.2 Å². The van der Waals surface area contributed by atoms with Gasteiger partial charge in [0.25, 0.3) is 5.91 Å². The number of pyridine rings is 1. The smallest absolute Gasteiger partial charge is 0.271 e. The van der Waals surface area contributed by atoms with Gasteiger partial charge in [-0.2, -0.15) is 0 Å². The molecule has 0 aliphatic carbocycles. The Bertz CT molecular complexity index is 371. The Morgan fingerprint density at radius 1 is 1.67 bits per heavy atom. The summed E-state index contributed by atoms with van der Waals surface area (Å²) in [5, 5.41) is 11.4. The molecule has 0 bridgehead atoms. The van der Waals surface area contributed by atoms with Gasteiger partial charge >= 0.3 is 0 Å². The van der Waals surface area contributed by atoms with Gasteiger partial charge in [0.05, 0.1) is 11.1 Å². The van der Waals surface area contributed by atoms with Crippen molar-refractivity contribution in [1.29, 1.82) is 0 Å². The van der Waals surface area contributed by atoms with Gasteiger partial charge in [-0.3, -0.25) is 4.79 Å². The van der Waals surface area contributed by atoms with Gasteiger partial charge in [0.2, 0.25) is 0 Å². The summed E-state index contributed by atoms with van der Waals surface area (Å²) in [6, 6.07) is 1.46. The minimum Gasteiger partial charge on any atom is -0.394 e. The summed E-state index contributed by atoms with van der Waals surface area (Å²) in [5.41, 5.74) is 0.304. The van der Waals surface area contributed by atoms with Gasteiger partial charge in [-0.15, -0.1) is 0 Å². The number of aromatic nitrogens is 1. The molecule has 1 amide bonds. The number of rotatable bonds is 3. The van der Waals surface area contributed by atoms with E-state index in [1.54, 1.807) is 19.2 Å². The maximum atomic E-state index is 11.6. The summed E-state index contributed by atoms with van der Waals surface area (Å²) in [6.45, 7) is 1.62. The summed E-state index contributed by atoms with van der Waals surface area (Å²) < 4.78 is 1.40. The van der Waals surface area contributed by atoms with Crippen LogP contribution in [-0.4, -0.2) is 28.6 Å². The van der Waals surface area contributed by atoms with Crippen LogP contribution in [0, 0.1) is 0 Å². The molecule has 2 N–H and O–H groups in total. The van der Waals surface area contributed by atoms with Crippen LogP contribution in [0.1, 0.15) is 17.4 Å². The number of aliphatic hydroxyl groups excluding tert-OH is 1. The van der Waals surface area contributed by atoms with Crippen molar-refractivity contribution < 1.29 is 9.90 Å². The number of nitrogens with zero attached hydrogens (tertiary/aromatic N) is 1. The lowest BCUT2D eigenvalue weighted by Crippen LogP contribution is -2.35. The molecule has 0 spiro atoms. The highest BCUT2D eigenvalue weighted by Crippen LogP contribution is 2.19. The fraction of sp³-hybridized carbons (Fsp3) is 0.333. The lowest BCUT2D eigenvalue weighted by atomic mass is 10.3. The van der Waals surface area contributed by atoms with Crippen molar-refractivity contribution in [3.63, 3.8) is 0 Å². The highest BCUT2D eigenvalue weighted by atomic mass is 79.9. The molecule has 0 saturated carbocycles. The van der Waals surface area contributed by atoms with E-state index in [2.05, 4.69) is 42.2 Å². The monoisotopic (exact) mass is 336 g/mol. The van der Waals surface area contributed by atoms with E-state index in [9.17, 15) is 4.79 Å². The molecule has 1 aromatic heterocycles. The number of carbonyl (C=O) groups excluding carboxylic acids is 1. The van der Waals surface area contributed by atoms with Gasteiger partial charge < -0.3 is 10.4 Å². The van der Waals surface area contributed by atoms with Crippen LogP contribution < -0.4 is 5.32 Å². The minimum atomic E-state index is -0.309. The Morgan fingerprint density at radius 3 is 2.87 bits per heavy atom. The second-order valence-corrected chi connectivity index (χ2v) is 4.81. The van der Waals surface area contributed by atoms with Gasteiger partial charge in [0.15, 0.2) is 0 Å². The Balaban J connectivity index is 2.82. The van der Waals surface area contributed by atoms with Crippen molar-refractivity contribution in [2.45, 2.75) is 13.0 Å². The third kappa shape index (κ3) is 3.55. The van der Waals surface area contributed by atoms with E-state index < -0.39 is 0 Å². The second-order valence-electron chi connectivity index (χ2n) is 3.04. The molecule has 82 valence electrons. The lowest BCUT2D eigenvalue weighted by molar-refractivity contribution is 0.0916. The molecule has 1 rings (SSSR count). The third-order valence-electron chi connectivity index (χ3n) is 1.67. The van der Waals surface area contributed by atoms with E-state index >= 15 is 0 Å². The Labute approximate surface area is 104 Å². The van der Waals surface area contributed by atoms with Crippen molar-refractivity contribution in [3.8, 4) is 0 Å². The molecule has 0 aromatic carbocycles. The van der Waals surface area contributed by atoms with E-state index in [4.69, 9.17) is 5.11 Å². The van der Waals surface area contributed by atoms with E-state index in [1.165, 1.54) is 0 Å². The SMILES string of the molecule is C[C@@H](CO)NC(=O)c1ncc(Br)cc1Br. The summed E-state index contributed by atoms with van der Waals surface area (Å²) in [4.78, 5) is 15.6. The fourth-order valence-electron chi connectivity index (χ4n) is 0.919.